The van der Waals surface area contributed by atoms with Gasteiger partial charge >= 0.3 is 0 Å². The second-order valence-corrected chi connectivity index (χ2v) is 4.28. The van der Waals surface area contributed by atoms with Gasteiger partial charge in [0, 0.05) is 13.7 Å². The molecule has 0 saturated heterocycles. The molecule has 0 rings (SSSR count). The predicted octanol–water partition coefficient (Wildman–Crippen LogP) is -0.432. The van der Waals surface area contributed by atoms with Gasteiger partial charge in [-0.25, -0.2) is 0 Å². The van der Waals surface area contributed by atoms with Crippen LogP contribution in [0.5, 0.6) is 0 Å². The lowest BCUT2D eigenvalue weighted by molar-refractivity contribution is -0.127. The summed E-state index contributed by atoms with van der Waals surface area (Å²) in [4.78, 5) is 23.2. The molecule has 0 heterocycles. The van der Waals surface area contributed by atoms with E-state index in [-0.39, 0.29) is 23.3 Å². The molecule has 0 aliphatic carbocycles. The van der Waals surface area contributed by atoms with E-state index in [0.717, 1.165) is 6.42 Å². The van der Waals surface area contributed by atoms with Crippen molar-refractivity contribution in [2.75, 3.05) is 26.8 Å². The molecule has 0 aliphatic heterocycles. The molecule has 0 bridgehead atoms. The number of ether oxygens (including phenoxy) is 1. The Bertz CT molecular complexity index is 297. The number of methoxy groups -OCH3 is 1. The first-order valence-electron chi connectivity index (χ1n) is 5.85. The number of carbonyl (C=O) groups is 2. The van der Waals surface area contributed by atoms with Gasteiger partial charge in [0.1, 0.15) is 0 Å². The van der Waals surface area contributed by atoms with Crippen molar-refractivity contribution in [1.82, 2.24) is 10.6 Å². The van der Waals surface area contributed by atoms with Crippen LogP contribution in [0.4, 0.5) is 0 Å². The molecular formula is C11H21N3O3S. The Balaban J connectivity index is 3.99. The highest BCUT2D eigenvalue weighted by Gasteiger charge is 2.20. The summed E-state index contributed by atoms with van der Waals surface area (Å²) in [6.45, 7) is 2.71. The molecule has 0 spiro atoms. The molecular weight excluding hydrogens is 254 g/mol. The minimum absolute atomic E-state index is 0.0780. The van der Waals surface area contributed by atoms with Crippen molar-refractivity contribution >= 4 is 29.0 Å². The molecule has 0 aliphatic rings. The zero-order valence-corrected chi connectivity index (χ0v) is 11.6. The fraction of sp³-hybridized carbons (Fsp3) is 0.727. The summed E-state index contributed by atoms with van der Waals surface area (Å²) in [6.07, 6.45) is 1.39. The average Bonchev–Trinajstić information content (AvgIpc) is 2.33. The van der Waals surface area contributed by atoms with Crippen molar-refractivity contribution in [3.8, 4) is 0 Å². The summed E-state index contributed by atoms with van der Waals surface area (Å²) in [5.74, 6) is -1.07. The van der Waals surface area contributed by atoms with Crippen molar-refractivity contribution in [2.45, 2.75) is 19.8 Å². The molecule has 18 heavy (non-hydrogen) atoms. The number of hydrogen-bond donors (Lipinski definition) is 3. The Morgan fingerprint density at radius 3 is 2.56 bits per heavy atom. The fourth-order valence-electron chi connectivity index (χ4n) is 1.34. The van der Waals surface area contributed by atoms with Gasteiger partial charge in [0.15, 0.2) is 0 Å². The largest absolute Gasteiger partial charge is 0.393 e. The molecule has 0 radical (unpaired) electrons. The third kappa shape index (κ3) is 7.18. The maximum Gasteiger partial charge on any atom is 0.239 e. The Morgan fingerprint density at radius 1 is 1.39 bits per heavy atom. The van der Waals surface area contributed by atoms with Crippen LogP contribution in [0.25, 0.3) is 0 Å². The van der Waals surface area contributed by atoms with Crippen molar-refractivity contribution in [1.29, 1.82) is 0 Å². The number of hydrogen-bond acceptors (Lipinski definition) is 4. The van der Waals surface area contributed by atoms with Crippen LogP contribution >= 0.6 is 12.2 Å². The monoisotopic (exact) mass is 275 g/mol. The molecule has 0 saturated carbocycles. The SMILES string of the molecule is CCCC(C(=O)NCC(=O)NCCOC)C(N)=S. The quantitative estimate of drug-likeness (QED) is 0.392. The minimum Gasteiger partial charge on any atom is -0.393 e. The van der Waals surface area contributed by atoms with Gasteiger partial charge in [0.05, 0.1) is 24.1 Å². The third-order valence-electron chi connectivity index (χ3n) is 2.29. The molecule has 0 aromatic rings. The Morgan fingerprint density at radius 2 is 2.06 bits per heavy atom. The van der Waals surface area contributed by atoms with E-state index in [0.29, 0.717) is 19.6 Å². The molecule has 4 N–H and O–H groups in total. The zero-order valence-electron chi connectivity index (χ0n) is 10.8. The summed E-state index contributed by atoms with van der Waals surface area (Å²) >= 11 is 4.82. The van der Waals surface area contributed by atoms with E-state index >= 15 is 0 Å². The number of nitrogens with two attached hydrogens (primary N) is 1. The number of thiocarbonyl (C=S) groups is 1. The summed E-state index contributed by atoms with van der Waals surface area (Å²) < 4.78 is 4.78. The van der Waals surface area contributed by atoms with Crippen LogP contribution in [-0.4, -0.2) is 43.6 Å². The number of nitrogens with one attached hydrogen (secondary N) is 2. The van der Waals surface area contributed by atoms with Crippen molar-refractivity contribution in [2.24, 2.45) is 11.7 Å². The minimum atomic E-state index is -0.503. The standard InChI is InChI=1S/C11H21N3O3S/c1-3-4-8(10(12)18)11(16)14-7-9(15)13-5-6-17-2/h8H,3-7H2,1-2H3,(H2,12,18)(H,13,15)(H,14,16). The second kappa shape index (κ2) is 9.78. The molecule has 1 unspecified atom stereocenters. The van der Waals surface area contributed by atoms with Crippen LogP contribution in [-0.2, 0) is 14.3 Å². The van der Waals surface area contributed by atoms with Gasteiger partial charge in [0.25, 0.3) is 0 Å². The van der Waals surface area contributed by atoms with Crippen molar-refractivity contribution in [3.63, 3.8) is 0 Å². The summed E-state index contributed by atoms with van der Waals surface area (Å²) in [5.41, 5.74) is 5.48. The van der Waals surface area contributed by atoms with E-state index in [9.17, 15) is 9.59 Å². The average molecular weight is 275 g/mol. The molecule has 1 atom stereocenters. The smallest absolute Gasteiger partial charge is 0.239 e. The van der Waals surface area contributed by atoms with Crippen molar-refractivity contribution in [3.05, 3.63) is 0 Å². The fourth-order valence-corrected chi connectivity index (χ4v) is 1.56. The van der Waals surface area contributed by atoms with E-state index in [1.54, 1.807) is 7.11 Å². The molecule has 0 fully saturated rings. The zero-order chi connectivity index (χ0) is 14.0. The topological polar surface area (TPSA) is 93.5 Å². The number of rotatable bonds is 9. The lowest BCUT2D eigenvalue weighted by Gasteiger charge is -2.14. The molecule has 0 aromatic carbocycles. The Labute approximate surface area is 113 Å². The van der Waals surface area contributed by atoms with Gasteiger partial charge < -0.3 is 21.1 Å². The van der Waals surface area contributed by atoms with Crippen LogP contribution in [0, 0.1) is 5.92 Å². The van der Waals surface area contributed by atoms with Gasteiger partial charge in [-0.3, -0.25) is 9.59 Å². The first kappa shape index (κ1) is 16.8. The van der Waals surface area contributed by atoms with Gasteiger partial charge in [-0.1, -0.05) is 25.6 Å². The first-order chi connectivity index (χ1) is 8.52. The van der Waals surface area contributed by atoms with Crippen LogP contribution < -0.4 is 16.4 Å². The highest BCUT2D eigenvalue weighted by Crippen LogP contribution is 2.06. The van der Waals surface area contributed by atoms with Gasteiger partial charge in [-0.05, 0) is 6.42 Å². The van der Waals surface area contributed by atoms with E-state index in [2.05, 4.69) is 10.6 Å². The van der Waals surface area contributed by atoms with Crippen LogP contribution in [0.2, 0.25) is 0 Å². The predicted molar refractivity (Wildman–Crippen MR) is 73.1 cm³/mol. The van der Waals surface area contributed by atoms with E-state index in [4.69, 9.17) is 22.7 Å². The first-order valence-corrected chi connectivity index (χ1v) is 6.26. The summed E-state index contributed by atoms with van der Waals surface area (Å²) in [6, 6.07) is 0. The van der Waals surface area contributed by atoms with Gasteiger partial charge in [-0.15, -0.1) is 0 Å². The highest BCUT2D eigenvalue weighted by atomic mass is 32.1. The summed E-state index contributed by atoms with van der Waals surface area (Å²) in [7, 11) is 1.55. The third-order valence-corrected chi connectivity index (χ3v) is 2.57. The molecule has 2 amide bonds. The molecule has 104 valence electrons. The Kier molecular flexibility index (Phi) is 9.13. The molecule has 0 aromatic heterocycles. The molecule has 6 nitrogen and oxygen atoms in total. The lowest BCUT2D eigenvalue weighted by Crippen LogP contribution is -2.43. The van der Waals surface area contributed by atoms with E-state index in [1.165, 1.54) is 0 Å². The molecule has 7 heteroatoms. The van der Waals surface area contributed by atoms with E-state index < -0.39 is 5.92 Å². The lowest BCUT2D eigenvalue weighted by atomic mass is 10.0. The van der Waals surface area contributed by atoms with Crippen LogP contribution in [0.3, 0.4) is 0 Å². The number of amides is 2. The van der Waals surface area contributed by atoms with Gasteiger partial charge in [0.2, 0.25) is 11.8 Å². The Hall–Kier alpha value is -1.21. The summed E-state index contributed by atoms with van der Waals surface area (Å²) in [5, 5.41) is 5.11. The van der Waals surface area contributed by atoms with Crippen LogP contribution in [0.15, 0.2) is 0 Å². The van der Waals surface area contributed by atoms with E-state index in [1.807, 2.05) is 6.92 Å². The van der Waals surface area contributed by atoms with Crippen LogP contribution in [0.1, 0.15) is 19.8 Å². The van der Waals surface area contributed by atoms with Crippen molar-refractivity contribution < 1.29 is 14.3 Å². The van der Waals surface area contributed by atoms with Gasteiger partial charge in [-0.2, -0.15) is 0 Å². The number of carbonyl (C=O) groups excluding carboxylic acids is 2. The second-order valence-electron chi connectivity index (χ2n) is 3.80. The maximum absolute atomic E-state index is 11.7. The maximum atomic E-state index is 11.7. The highest BCUT2D eigenvalue weighted by molar-refractivity contribution is 7.80. The normalized spacial score (nSPS) is 11.7.